The monoisotopic (exact) mass is 489 g/mol. The number of rotatable bonds is 7. The summed E-state index contributed by atoms with van der Waals surface area (Å²) in [6.07, 6.45) is 0. The molecule has 36 heavy (non-hydrogen) atoms. The van der Waals surface area contributed by atoms with Crippen molar-refractivity contribution >= 4 is 11.4 Å². The van der Waals surface area contributed by atoms with Crippen LogP contribution in [0.4, 0.5) is 20.2 Å². The average Bonchev–Trinajstić information content (AvgIpc) is 3.34. The van der Waals surface area contributed by atoms with Gasteiger partial charge in [0.15, 0.2) is 5.82 Å². The van der Waals surface area contributed by atoms with Gasteiger partial charge in [-0.05, 0) is 58.0 Å². The number of hydrogen-bond donors (Lipinski definition) is 0. The molecule has 1 atom stereocenters. The molecule has 4 aromatic rings. The van der Waals surface area contributed by atoms with Crippen LogP contribution in [0.1, 0.15) is 23.0 Å². The van der Waals surface area contributed by atoms with E-state index in [0.717, 1.165) is 35.7 Å². The van der Waals surface area contributed by atoms with Gasteiger partial charge in [-0.2, -0.15) is 0 Å². The second-order valence-electron chi connectivity index (χ2n) is 9.18. The van der Waals surface area contributed by atoms with E-state index in [-0.39, 0.29) is 17.7 Å². The zero-order chi connectivity index (χ0) is 25.1. The lowest BCUT2D eigenvalue weighted by Crippen LogP contribution is -2.48. The molecular formula is C27H29F2N7. The van der Waals surface area contributed by atoms with E-state index < -0.39 is 0 Å². The molecule has 0 aliphatic carbocycles. The van der Waals surface area contributed by atoms with Gasteiger partial charge in [0, 0.05) is 46.0 Å². The Kier molecular flexibility index (Phi) is 6.90. The first-order valence-electron chi connectivity index (χ1n) is 12.0. The molecule has 0 bridgehead atoms. The Labute approximate surface area is 209 Å². The number of para-hydroxylation sites is 1. The number of nitrogens with zero attached hydrogens (tertiary/aromatic N) is 7. The molecule has 9 heteroatoms. The predicted octanol–water partition coefficient (Wildman–Crippen LogP) is 3.98. The van der Waals surface area contributed by atoms with Crippen molar-refractivity contribution in [2.45, 2.75) is 12.6 Å². The van der Waals surface area contributed by atoms with Gasteiger partial charge in [0.2, 0.25) is 0 Å². The quantitative estimate of drug-likeness (QED) is 0.392. The fraction of sp³-hybridized carbons (Fsp3) is 0.296. The number of aromatic nitrogens is 4. The van der Waals surface area contributed by atoms with Crippen LogP contribution in [0.3, 0.4) is 0 Å². The molecule has 1 aromatic heterocycles. The van der Waals surface area contributed by atoms with Crippen LogP contribution in [0.15, 0.2) is 72.8 Å². The van der Waals surface area contributed by atoms with Crippen molar-refractivity contribution in [1.29, 1.82) is 0 Å². The van der Waals surface area contributed by atoms with E-state index >= 15 is 0 Å². The molecule has 5 rings (SSSR count). The van der Waals surface area contributed by atoms with Crippen molar-refractivity contribution in [2.75, 3.05) is 50.1 Å². The Morgan fingerprint density at radius 2 is 1.56 bits per heavy atom. The van der Waals surface area contributed by atoms with Crippen molar-refractivity contribution in [3.05, 3.63) is 101 Å². The lowest BCUT2D eigenvalue weighted by Gasteiger charge is -2.40. The molecule has 1 aliphatic rings. The van der Waals surface area contributed by atoms with E-state index in [1.54, 1.807) is 22.9 Å². The second-order valence-corrected chi connectivity index (χ2v) is 9.18. The molecule has 0 unspecified atom stereocenters. The van der Waals surface area contributed by atoms with Crippen molar-refractivity contribution in [3.8, 4) is 0 Å². The maximum Gasteiger partial charge on any atom is 0.173 e. The standard InChI is InChI=1S/C27H29F2N7/c1-33(2)23-13-9-21(10-14-23)26(27-30-31-32-36(27)19-20-7-11-22(28)12-8-20)35-17-15-34(16-18-35)25-6-4-3-5-24(25)29/h3-14,26H,15-19H2,1-2H3/t26-/m1/s1. The van der Waals surface area contributed by atoms with Gasteiger partial charge in [0.05, 0.1) is 18.3 Å². The van der Waals surface area contributed by atoms with E-state index in [1.807, 2.05) is 26.2 Å². The second kappa shape index (κ2) is 10.4. The highest BCUT2D eigenvalue weighted by Gasteiger charge is 2.31. The van der Waals surface area contributed by atoms with Gasteiger partial charge >= 0.3 is 0 Å². The first-order valence-corrected chi connectivity index (χ1v) is 12.0. The molecular weight excluding hydrogens is 460 g/mol. The lowest BCUT2D eigenvalue weighted by atomic mass is 10.0. The predicted molar refractivity (Wildman–Crippen MR) is 136 cm³/mol. The van der Waals surface area contributed by atoms with Gasteiger partial charge in [-0.15, -0.1) is 5.10 Å². The third-order valence-corrected chi connectivity index (χ3v) is 6.65. The molecule has 3 aromatic carbocycles. The summed E-state index contributed by atoms with van der Waals surface area (Å²) in [5, 5.41) is 12.7. The number of anilines is 2. The summed E-state index contributed by atoms with van der Waals surface area (Å²) < 4.78 is 29.6. The molecule has 0 N–H and O–H groups in total. The summed E-state index contributed by atoms with van der Waals surface area (Å²) in [6.45, 7) is 3.25. The highest BCUT2D eigenvalue weighted by atomic mass is 19.1. The minimum atomic E-state index is -0.276. The van der Waals surface area contributed by atoms with Crippen LogP contribution in [-0.4, -0.2) is 65.4 Å². The van der Waals surface area contributed by atoms with Gasteiger partial charge in [-0.3, -0.25) is 4.90 Å². The van der Waals surface area contributed by atoms with Gasteiger partial charge in [-0.1, -0.05) is 36.4 Å². The van der Waals surface area contributed by atoms with Crippen LogP contribution < -0.4 is 9.80 Å². The molecule has 0 spiro atoms. The molecule has 0 saturated carbocycles. The average molecular weight is 490 g/mol. The number of benzene rings is 3. The molecule has 1 aliphatic heterocycles. The van der Waals surface area contributed by atoms with Gasteiger partial charge < -0.3 is 9.80 Å². The SMILES string of the molecule is CN(C)c1ccc([C@H](c2nnnn2Cc2ccc(F)cc2)N2CCN(c3ccccc3F)CC2)cc1. The minimum Gasteiger partial charge on any atom is -0.378 e. The Bertz CT molecular complexity index is 1280. The summed E-state index contributed by atoms with van der Waals surface area (Å²) in [4.78, 5) is 6.49. The molecule has 0 radical (unpaired) electrons. The minimum absolute atomic E-state index is 0.181. The van der Waals surface area contributed by atoms with Crippen molar-refractivity contribution in [1.82, 2.24) is 25.1 Å². The van der Waals surface area contributed by atoms with Gasteiger partial charge in [0.25, 0.3) is 0 Å². The van der Waals surface area contributed by atoms with E-state index in [1.165, 1.54) is 18.2 Å². The maximum atomic E-state index is 14.4. The zero-order valence-electron chi connectivity index (χ0n) is 20.4. The largest absolute Gasteiger partial charge is 0.378 e. The summed E-state index contributed by atoms with van der Waals surface area (Å²) in [6, 6.07) is 21.5. The molecule has 186 valence electrons. The first-order chi connectivity index (χ1) is 17.5. The highest BCUT2D eigenvalue weighted by Crippen LogP contribution is 2.31. The Morgan fingerprint density at radius 3 is 2.22 bits per heavy atom. The maximum absolute atomic E-state index is 14.4. The Morgan fingerprint density at radius 1 is 0.861 bits per heavy atom. The lowest BCUT2D eigenvalue weighted by molar-refractivity contribution is 0.201. The summed E-state index contributed by atoms with van der Waals surface area (Å²) in [5.74, 6) is 0.239. The van der Waals surface area contributed by atoms with E-state index in [9.17, 15) is 8.78 Å². The summed E-state index contributed by atoms with van der Waals surface area (Å²) in [7, 11) is 4.02. The Hall–Kier alpha value is -3.85. The van der Waals surface area contributed by atoms with E-state index in [0.29, 0.717) is 25.3 Å². The van der Waals surface area contributed by atoms with Crippen LogP contribution in [0.25, 0.3) is 0 Å². The summed E-state index contributed by atoms with van der Waals surface area (Å²) in [5.41, 5.74) is 3.73. The first kappa shape index (κ1) is 23.9. The smallest absolute Gasteiger partial charge is 0.173 e. The molecule has 1 saturated heterocycles. The van der Waals surface area contributed by atoms with Crippen molar-refractivity contribution in [3.63, 3.8) is 0 Å². The van der Waals surface area contributed by atoms with Crippen LogP contribution in [0.2, 0.25) is 0 Å². The van der Waals surface area contributed by atoms with Gasteiger partial charge in [-0.25, -0.2) is 13.5 Å². The normalized spacial score (nSPS) is 15.2. The number of halogens is 2. The third kappa shape index (κ3) is 5.06. The summed E-state index contributed by atoms with van der Waals surface area (Å²) >= 11 is 0. The topological polar surface area (TPSA) is 53.3 Å². The molecule has 7 nitrogen and oxygen atoms in total. The third-order valence-electron chi connectivity index (χ3n) is 6.65. The molecule has 2 heterocycles. The molecule has 1 fully saturated rings. The van der Waals surface area contributed by atoms with Crippen molar-refractivity contribution < 1.29 is 8.78 Å². The van der Waals surface area contributed by atoms with Crippen molar-refractivity contribution in [2.24, 2.45) is 0 Å². The highest BCUT2D eigenvalue weighted by molar-refractivity contribution is 5.49. The van der Waals surface area contributed by atoms with Crippen LogP contribution in [0.5, 0.6) is 0 Å². The van der Waals surface area contributed by atoms with Gasteiger partial charge in [0.1, 0.15) is 11.6 Å². The zero-order valence-corrected chi connectivity index (χ0v) is 20.4. The van der Waals surface area contributed by atoms with Crippen LogP contribution in [0, 0.1) is 11.6 Å². The fourth-order valence-electron chi connectivity index (χ4n) is 4.69. The number of piperazine rings is 1. The van der Waals surface area contributed by atoms with Crippen LogP contribution >= 0.6 is 0 Å². The fourth-order valence-corrected chi connectivity index (χ4v) is 4.69. The van der Waals surface area contributed by atoms with E-state index in [4.69, 9.17) is 0 Å². The molecule has 0 amide bonds. The number of hydrogen-bond acceptors (Lipinski definition) is 6. The van der Waals surface area contributed by atoms with Crippen LogP contribution in [-0.2, 0) is 6.54 Å². The van der Waals surface area contributed by atoms with E-state index in [2.05, 4.69) is 54.5 Å². The Balaban J connectivity index is 1.44. The number of tetrazole rings is 1.